The van der Waals surface area contributed by atoms with Crippen molar-refractivity contribution in [3.8, 4) is 11.5 Å². The molecule has 0 radical (unpaired) electrons. The molecular weight excluding hydrogens is 605 g/mol. The maximum Gasteiger partial charge on any atom is 0.244 e. The van der Waals surface area contributed by atoms with E-state index >= 15 is 4.39 Å². The monoisotopic (exact) mass is 645 g/mol. The van der Waals surface area contributed by atoms with E-state index in [0.29, 0.717) is 11.6 Å². The zero-order chi connectivity index (χ0) is 32.8. The fourth-order valence-corrected chi connectivity index (χ4v) is 7.73. The molecule has 2 atom stereocenters. The number of hydrogen-bond acceptors (Lipinski definition) is 7. The Morgan fingerprint density at radius 3 is 2.54 bits per heavy atom. The summed E-state index contributed by atoms with van der Waals surface area (Å²) >= 11 is 0. The lowest BCUT2D eigenvalue weighted by Gasteiger charge is -2.23. The molecular formula is C35H40FN5O4S. The van der Waals surface area contributed by atoms with Gasteiger partial charge in [-0.1, -0.05) is 18.7 Å². The highest BCUT2D eigenvalue weighted by Crippen LogP contribution is 2.40. The first kappa shape index (κ1) is 31.7. The van der Waals surface area contributed by atoms with E-state index in [4.69, 9.17) is 14.6 Å². The Morgan fingerprint density at radius 1 is 1.09 bits per heavy atom. The lowest BCUT2D eigenvalue weighted by Crippen LogP contribution is -2.25. The number of benzene rings is 2. The van der Waals surface area contributed by atoms with Crippen molar-refractivity contribution in [2.45, 2.75) is 82.5 Å². The van der Waals surface area contributed by atoms with Crippen LogP contribution in [0.15, 0.2) is 72.4 Å². The van der Waals surface area contributed by atoms with E-state index < -0.39 is 21.4 Å². The van der Waals surface area contributed by atoms with Crippen LogP contribution in [0.5, 0.6) is 11.5 Å². The van der Waals surface area contributed by atoms with Crippen LogP contribution in [0.1, 0.15) is 75.3 Å². The van der Waals surface area contributed by atoms with Gasteiger partial charge in [-0.05, 0) is 94.0 Å². The number of nitrogens with zero attached hydrogens (tertiary/aromatic N) is 4. The number of anilines is 2. The van der Waals surface area contributed by atoms with E-state index in [9.17, 15) is 8.42 Å². The molecule has 0 saturated heterocycles. The second-order valence-electron chi connectivity index (χ2n) is 13.1. The van der Waals surface area contributed by atoms with Crippen molar-refractivity contribution in [3.05, 3.63) is 95.7 Å². The minimum Gasteiger partial charge on any atom is -0.497 e. The first-order valence-corrected chi connectivity index (χ1v) is 16.9. The average Bonchev–Trinajstić information content (AvgIpc) is 3.72. The molecule has 1 N–H and O–H groups in total. The Labute approximate surface area is 270 Å². The summed E-state index contributed by atoms with van der Waals surface area (Å²) in [6.45, 7) is 12.1. The number of pyridine rings is 1. The predicted molar refractivity (Wildman–Crippen MR) is 176 cm³/mol. The van der Waals surface area contributed by atoms with Crippen LogP contribution in [-0.4, -0.2) is 40.7 Å². The molecule has 1 aliphatic carbocycles. The van der Waals surface area contributed by atoms with Crippen LogP contribution in [0.4, 0.5) is 15.9 Å². The number of sulfonamides is 1. The van der Waals surface area contributed by atoms with E-state index in [1.54, 1.807) is 31.6 Å². The summed E-state index contributed by atoms with van der Waals surface area (Å²) in [7, 11) is -2.28. The zero-order valence-corrected chi connectivity index (χ0v) is 27.7. The molecule has 2 aliphatic rings. The predicted octanol–water partition coefficient (Wildman–Crippen LogP) is 7.38. The highest BCUT2D eigenvalue weighted by atomic mass is 32.2. The largest absolute Gasteiger partial charge is 0.497 e. The van der Waals surface area contributed by atoms with Gasteiger partial charge in [-0.15, -0.1) is 0 Å². The number of aromatic nitrogens is 3. The van der Waals surface area contributed by atoms with E-state index in [0.717, 1.165) is 47.4 Å². The van der Waals surface area contributed by atoms with Gasteiger partial charge in [0.25, 0.3) is 0 Å². The van der Waals surface area contributed by atoms with Crippen LogP contribution in [0.2, 0.25) is 0 Å². The molecule has 242 valence electrons. The quantitative estimate of drug-likeness (QED) is 0.203. The fourth-order valence-electron chi connectivity index (χ4n) is 6.13. The molecule has 9 nitrogen and oxygen atoms in total. The smallest absolute Gasteiger partial charge is 0.244 e. The molecule has 1 saturated carbocycles. The van der Waals surface area contributed by atoms with Crippen LogP contribution in [0, 0.1) is 5.82 Å². The van der Waals surface area contributed by atoms with Gasteiger partial charge in [-0.25, -0.2) is 17.5 Å². The normalized spacial score (nSPS) is 19.2. The summed E-state index contributed by atoms with van der Waals surface area (Å²) in [6.07, 6.45) is 6.13. The molecule has 1 fully saturated rings. The van der Waals surface area contributed by atoms with Crippen molar-refractivity contribution in [2.24, 2.45) is 0 Å². The van der Waals surface area contributed by atoms with Crippen molar-refractivity contribution >= 4 is 27.1 Å². The van der Waals surface area contributed by atoms with E-state index in [1.165, 1.54) is 16.4 Å². The molecule has 1 aliphatic heterocycles. The average molecular weight is 646 g/mol. The second kappa shape index (κ2) is 12.2. The summed E-state index contributed by atoms with van der Waals surface area (Å²) in [5.41, 5.74) is 3.54. The molecule has 0 spiro atoms. The molecule has 0 bridgehead atoms. The highest BCUT2D eigenvalue weighted by molar-refractivity contribution is 7.89. The molecule has 46 heavy (non-hydrogen) atoms. The summed E-state index contributed by atoms with van der Waals surface area (Å²) in [4.78, 5) is 4.29. The van der Waals surface area contributed by atoms with Crippen molar-refractivity contribution in [3.63, 3.8) is 0 Å². The van der Waals surface area contributed by atoms with E-state index in [-0.39, 0.29) is 41.3 Å². The zero-order valence-electron chi connectivity index (χ0n) is 26.9. The standard InChI is InChI=1S/C35H40FN5O4S/c1-22(2)25-16-28(19-37-18-25)45-27-12-9-24(15-27)31-17-33(41(39-31)35(3,4)5)38-30-13-14-32-29(34(30)36)21-40(46(32,42)43)20-23-7-10-26(44-6)11-8-23/h7-8,10-11,13-14,16-19,24,27,38H,1,9,12,15,20-21H2,2-6H3. The summed E-state index contributed by atoms with van der Waals surface area (Å²) in [5, 5.41) is 8.22. The van der Waals surface area contributed by atoms with Crippen molar-refractivity contribution in [1.82, 2.24) is 19.1 Å². The van der Waals surface area contributed by atoms with Gasteiger partial charge in [0, 0.05) is 36.8 Å². The van der Waals surface area contributed by atoms with Crippen LogP contribution < -0.4 is 14.8 Å². The van der Waals surface area contributed by atoms with E-state index in [1.807, 2.05) is 56.6 Å². The van der Waals surface area contributed by atoms with Gasteiger partial charge in [-0.2, -0.15) is 9.40 Å². The minimum absolute atomic E-state index is 0.00457. The summed E-state index contributed by atoms with van der Waals surface area (Å²) in [5.74, 6) is 1.64. The number of methoxy groups -OCH3 is 1. The molecule has 6 rings (SSSR count). The summed E-state index contributed by atoms with van der Waals surface area (Å²) in [6, 6.07) is 14.1. The maximum absolute atomic E-state index is 16.1. The Kier molecular flexibility index (Phi) is 8.41. The Bertz CT molecular complexity index is 1880. The maximum atomic E-state index is 16.1. The van der Waals surface area contributed by atoms with Gasteiger partial charge in [0.2, 0.25) is 10.0 Å². The second-order valence-corrected chi connectivity index (χ2v) is 15.0. The van der Waals surface area contributed by atoms with Crippen LogP contribution in [-0.2, 0) is 28.7 Å². The number of ether oxygens (including phenoxy) is 2. The number of halogens is 1. The molecule has 2 aromatic heterocycles. The minimum atomic E-state index is -3.85. The number of rotatable bonds is 9. The van der Waals surface area contributed by atoms with E-state index in [2.05, 4.69) is 16.9 Å². The molecule has 0 amide bonds. The van der Waals surface area contributed by atoms with Gasteiger partial charge < -0.3 is 14.8 Å². The molecule has 2 aromatic carbocycles. The number of hydrogen-bond donors (Lipinski definition) is 1. The van der Waals surface area contributed by atoms with Crippen LogP contribution in [0.3, 0.4) is 0 Å². The summed E-state index contributed by atoms with van der Waals surface area (Å²) < 4.78 is 57.4. The van der Waals surface area contributed by atoms with Crippen molar-refractivity contribution < 1.29 is 22.3 Å². The Hall–Kier alpha value is -4.22. The topological polar surface area (TPSA) is 98.6 Å². The molecule has 11 heteroatoms. The third-order valence-corrected chi connectivity index (χ3v) is 10.5. The van der Waals surface area contributed by atoms with Crippen LogP contribution >= 0.6 is 0 Å². The third kappa shape index (κ3) is 6.26. The van der Waals surface area contributed by atoms with Gasteiger partial charge in [0.1, 0.15) is 17.3 Å². The van der Waals surface area contributed by atoms with Gasteiger partial charge in [0.05, 0.1) is 41.2 Å². The molecule has 4 aromatic rings. The Balaban J connectivity index is 1.21. The molecule has 2 unspecified atom stereocenters. The first-order chi connectivity index (χ1) is 21.8. The van der Waals surface area contributed by atoms with Crippen molar-refractivity contribution in [1.29, 1.82) is 0 Å². The van der Waals surface area contributed by atoms with Crippen molar-refractivity contribution in [2.75, 3.05) is 12.4 Å². The lowest BCUT2D eigenvalue weighted by atomic mass is 10.0. The number of allylic oxidation sites excluding steroid dienone is 1. The molecule has 3 heterocycles. The van der Waals surface area contributed by atoms with Crippen LogP contribution in [0.25, 0.3) is 5.57 Å². The highest BCUT2D eigenvalue weighted by Gasteiger charge is 2.38. The SMILES string of the molecule is C=C(C)c1cncc(OC2CCC(c3cc(Nc4ccc5c(c4F)CN(Cc4ccc(OC)cc4)S5(=O)=O)n(C(C)(C)C)n3)C2)c1. The number of nitrogens with one attached hydrogen (secondary N) is 1. The first-order valence-electron chi connectivity index (χ1n) is 15.4. The van der Waals surface area contributed by atoms with Gasteiger partial charge in [-0.3, -0.25) is 4.98 Å². The van der Waals surface area contributed by atoms with Gasteiger partial charge >= 0.3 is 0 Å². The van der Waals surface area contributed by atoms with Gasteiger partial charge in [0.15, 0.2) is 5.82 Å². The Morgan fingerprint density at radius 2 is 1.85 bits per heavy atom. The third-order valence-electron chi connectivity index (χ3n) is 8.61. The fraction of sp³-hybridized carbons (Fsp3) is 0.371. The lowest BCUT2D eigenvalue weighted by molar-refractivity contribution is 0.207. The number of fused-ring (bicyclic) bond motifs is 1.